The van der Waals surface area contributed by atoms with Crippen LogP contribution in [0.25, 0.3) is 0 Å². The Morgan fingerprint density at radius 1 is 1.20 bits per heavy atom. The fourth-order valence-electron chi connectivity index (χ4n) is 5.26. The molecule has 4 N–H and O–H groups in total. The summed E-state index contributed by atoms with van der Waals surface area (Å²) in [6, 6.07) is 3.31. The number of rotatable bonds is 6. The molecule has 0 saturated carbocycles. The topological polar surface area (TPSA) is 122 Å². The van der Waals surface area contributed by atoms with E-state index in [4.69, 9.17) is 5.73 Å². The Bertz CT molecular complexity index is 959. The van der Waals surface area contributed by atoms with Crippen LogP contribution in [0.15, 0.2) is 12.1 Å². The number of fused-ring (bicyclic) bond motifs is 4. The molecule has 0 unspecified atom stereocenters. The fourth-order valence-corrected chi connectivity index (χ4v) is 5.26. The number of anilines is 1. The lowest BCUT2D eigenvalue weighted by Crippen LogP contribution is -2.53. The number of primary amides is 1. The third-order valence-corrected chi connectivity index (χ3v) is 6.95. The first-order chi connectivity index (χ1) is 14.2. The second-order valence-electron chi connectivity index (χ2n) is 8.63. The Labute approximate surface area is 175 Å². The van der Waals surface area contributed by atoms with Crippen molar-refractivity contribution >= 4 is 29.3 Å². The lowest BCUT2D eigenvalue weighted by molar-refractivity contribution is -0.143. The molecule has 1 aromatic rings. The van der Waals surface area contributed by atoms with E-state index in [1.807, 2.05) is 32.9 Å². The first kappa shape index (κ1) is 20.5. The van der Waals surface area contributed by atoms with Crippen molar-refractivity contribution in [3.8, 4) is 0 Å². The number of nitrogens with zero attached hydrogens (tertiary/aromatic N) is 1. The Morgan fingerprint density at radius 3 is 2.60 bits per heavy atom. The van der Waals surface area contributed by atoms with Gasteiger partial charge in [0.2, 0.25) is 23.6 Å². The molecule has 3 aliphatic rings. The van der Waals surface area contributed by atoms with Crippen LogP contribution in [0.3, 0.4) is 0 Å². The molecule has 4 rings (SSSR count). The molecular formula is C22H28N4O4. The number of aryl methyl sites for hydroxylation is 1. The van der Waals surface area contributed by atoms with E-state index in [1.54, 1.807) is 0 Å². The van der Waals surface area contributed by atoms with Crippen LogP contribution < -0.4 is 16.4 Å². The highest BCUT2D eigenvalue weighted by atomic mass is 16.2. The van der Waals surface area contributed by atoms with Crippen molar-refractivity contribution in [1.29, 1.82) is 0 Å². The predicted octanol–water partition coefficient (Wildman–Crippen LogP) is 1.09. The van der Waals surface area contributed by atoms with E-state index in [2.05, 4.69) is 10.6 Å². The second-order valence-corrected chi connectivity index (χ2v) is 8.63. The quantitative estimate of drug-likeness (QED) is 0.604. The van der Waals surface area contributed by atoms with Crippen LogP contribution >= 0.6 is 0 Å². The molecule has 3 aliphatic heterocycles. The lowest BCUT2D eigenvalue weighted by Gasteiger charge is -2.29. The maximum Gasteiger partial charge on any atom is 0.250 e. The largest absolute Gasteiger partial charge is 0.370 e. The zero-order chi connectivity index (χ0) is 21.8. The number of hydrogen-bond acceptors (Lipinski definition) is 5. The molecule has 0 aliphatic carbocycles. The summed E-state index contributed by atoms with van der Waals surface area (Å²) in [6.45, 7) is 6.24. The molecule has 3 heterocycles. The van der Waals surface area contributed by atoms with Gasteiger partial charge in [-0.25, -0.2) is 0 Å². The normalized spacial score (nSPS) is 29.5. The Hall–Kier alpha value is -2.74. The Morgan fingerprint density at radius 2 is 1.93 bits per heavy atom. The van der Waals surface area contributed by atoms with Crippen LogP contribution in [0.2, 0.25) is 0 Å². The van der Waals surface area contributed by atoms with E-state index in [1.165, 1.54) is 4.90 Å². The van der Waals surface area contributed by atoms with Gasteiger partial charge < -0.3 is 11.1 Å². The summed E-state index contributed by atoms with van der Waals surface area (Å²) in [5.41, 5.74) is 7.40. The molecule has 0 aromatic heterocycles. The molecule has 1 spiro atoms. The molecule has 160 valence electrons. The average Bonchev–Trinajstić information content (AvgIpc) is 3.27. The zero-order valence-corrected chi connectivity index (χ0v) is 17.6. The number of amides is 4. The first-order valence-electron chi connectivity index (χ1n) is 10.6. The molecule has 4 atom stereocenters. The van der Waals surface area contributed by atoms with Crippen molar-refractivity contribution in [2.24, 2.45) is 17.6 Å². The summed E-state index contributed by atoms with van der Waals surface area (Å²) in [5, 5.41) is 6.28. The van der Waals surface area contributed by atoms with Crippen molar-refractivity contribution in [2.45, 2.75) is 58.0 Å². The van der Waals surface area contributed by atoms with Gasteiger partial charge in [0.05, 0.1) is 11.8 Å². The van der Waals surface area contributed by atoms with E-state index in [0.717, 1.165) is 17.5 Å². The molecule has 0 radical (unpaired) electrons. The summed E-state index contributed by atoms with van der Waals surface area (Å²) in [4.78, 5) is 52.8. The molecule has 8 nitrogen and oxygen atoms in total. The second kappa shape index (κ2) is 7.19. The number of hydrogen-bond donors (Lipinski definition) is 3. The third-order valence-electron chi connectivity index (χ3n) is 6.95. The van der Waals surface area contributed by atoms with Gasteiger partial charge in [0, 0.05) is 30.3 Å². The van der Waals surface area contributed by atoms with Gasteiger partial charge in [-0.05, 0) is 37.8 Å². The van der Waals surface area contributed by atoms with Gasteiger partial charge in [0.15, 0.2) is 0 Å². The van der Waals surface area contributed by atoms with Crippen molar-refractivity contribution < 1.29 is 19.2 Å². The predicted molar refractivity (Wildman–Crippen MR) is 110 cm³/mol. The fraction of sp³-hybridized carbons (Fsp3) is 0.545. The van der Waals surface area contributed by atoms with Gasteiger partial charge in [-0.1, -0.05) is 25.5 Å². The van der Waals surface area contributed by atoms with E-state index in [-0.39, 0.29) is 24.1 Å². The number of benzene rings is 1. The molecule has 8 heteroatoms. The Kier molecular flexibility index (Phi) is 4.92. The van der Waals surface area contributed by atoms with E-state index >= 15 is 0 Å². The van der Waals surface area contributed by atoms with Crippen molar-refractivity contribution in [3.63, 3.8) is 0 Å². The number of nitrogens with two attached hydrogens (primary N) is 1. The summed E-state index contributed by atoms with van der Waals surface area (Å²) in [6.07, 6.45) is 1.94. The van der Waals surface area contributed by atoms with Gasteiger partial charge >= 0.3 is 0 Å². The number of likely N-dealkylation sites (tertiary alicyclic amines) is 1. The highest BCUT2D eigenvalue weighted by Crippen LogP contribution is 2.54. The van der Waals surface area contributed by atoms with Crippen molar-refractivity contribution in [2.75, 3.05) is 11.9 Å². The molecule has 2 fully saturated rings. The van der Waals surface area contributed by atoms with E-state index < -0.39 is 29.3 Å². The average molecular weight is 412 g/mol. The van der Waals surface area contributed by atoms with Crippen molar-refractivity contribution in [1.82, 2.24) is 10.2 Å². The SMILES string of the molecule is CCCCN1C(=O)[C@@H]2[C@H](CCC(N)=O)N[C@]3(C(=O)Nc4c3ccc(C)c4C)[C@@H]2C1=O. The first-order valence-corrected chi connectivity index (χ1v) is 10.6. The minimum Gasteiger partial charge on any atom is -0.370 e. The molecular weight excluding hydrogens is 384 g/mol. The number of unbranched alkanes of at least 4 members (excludes halogenated alkanes) is 1. The van der Waals surface area contributed by atoms with Gasteiger partial charge in [-0.15, -0.1) is 0 Å². The zero-order valence-electron chi connectivity index (χ0n) is 17.6. The van der Waals surface area contributed by atoms with Gasteiger partial charge in [-0.3, -0.25) is 29.4 Å². The van der Waals surface area contributed by atoms with Gasteiger partial charge in [-0.2, -0.15) is 0 Å². The molecule has 1 aromatic carbocycles. The van der Waals surface area contributed by atoms with Crippen LogP contribution in [-0.4, -0.2) is 41.1 Å². The maximum atomic E-state index is 13.4. The van der Waals surface area contributed by atoms with Crippen LogP contribution in [0.4, 0.5) is 5.69 Å². The summed E-state index contributed by atoms with van der Waals surface area (Å²) < 4.78 is 0. The molecule has 30 heavy (non-hydrogen) atoms. The highest BCUT2D eigenvalue weighted by Gasteiger charge is 2.70. The highest BCUT2D eigenvalue weighted by molar-refractivity contribution is 6.15. The van der Waals surface area contributed by atoms with Crippen LogP contribution in [0.5, 0.6) is 0 Å². The standard InChI is InChI=1S/C22H28N4O4/c1-4-5-10-26-19(28)16-14(8-9-15(23)27)25-22(17(16)20(26)29)13-7-6-11(2)12(3)18(13)24-21(22)30/h6-7,14,16-17,25H,4-5,8-10H2,1-3H3,(H2,23,27)(H,24,30)/t14-,16+,17-,22-/m0/s1. The summed E-state index contributed by atoms with van der Waals surface area (Å²) >= 11 is 0. The van der Waals surface area contributed by atoms with E-state index in [9.17, 15) is 19.2 Å². The minimum absolute atomic E-state index is 0.0782. The molecule has 0 bridgehead atoms. The molecule has 4 amide bonds. The lowest BCUT2D eigenvalue weighted by atomic mass is 9.76. The number of carbonyl (C=O) groups excluding carboxylic acids is 4. The number of carbonyl (C=O) groups is 4. The third kappa shape index (κ3) is 2.70. The van der Waals surface area contributed by atoms with Gasteiger partial charge in [0.1, 0.15) is 5.54 Å². The monoisotopic (exact) mass is 412 g/mol. The van der Waals surface area contributed by atoms with Crippen LogP contribution in [0.1, 0.15) is 49.3 Å². The van der Waals surface area contributed by atoms with E-state index in [0.29, 0.717) is 30.6 Å². The number of imide groups is 1. The summed E-state index contributed by atoms with van der Waals surface area (Å²) in [5.74, 6) is -2.89. The Balaban J connectivity index is 1.83. The number of nitrogens with one attached hydrogen (secondary N) is 2. The summed E-state index contributed by atoms with van der Waals surface area (Å²) in [7, 11) is 0. The maximum absolute atomic E-state index is 13.4. The van der Waals surface area contributed by atoms with Crippen molar-refractivity contribution in [3.05, 3.63) is 28.8 Å². The van der Waals surface area contributed by atoms with Crippen LogP contribution in [-0.2, 0) is 24.7 Å². The smallest absolute Gasteiger partial charge is 0.250 e. The molecule has 2 saturated heterocycles. The van der Waals surface area contributed by atoms with Gasteiger partial charge in [0.25, 0.3) is 0 Å². The minimum atomic E-state index is -1.31. The van der Waals surface area contributed by atoms with Crippen LogP contribution in [0, 0.1) is 25.7 Å².